The molecule has 34 heavy (non-hydrogen) atoms. The number of carbonyl (C=O) groups excluding carboxylic acids is 1. The fourth-order valence-electron chi connectivity index (χ4n) is 4.38. The van der Waals surface area contributed by atoms with Gasteiger partial charge in [0.1, 0.15) is 5.56 Å². The zero-order valence-electron chi connectivity index (χ0n) is 18.6. The molecule has 1 heterocycles. The number of hydrogen-bond donors (Lipinski definition) is 2. The average Bonchev–Trinajstić information content (AvgIpc) is 3.23. The normalized spacial score (nSPS) is 17.4. The lowest BCUT2D eigenvalue weighted by Gasteiger charge is -2.28. The minimum Gasteiger partial charge on any atom is -0.465 e. The Hall–Kier alpha value is -3.81. The first kappa shape index (κ1) is 23.4. The molecule has 1 aromatic heterocycles. The fraction of sp³-hybridized carbons (Fsp3) is 0.269. The van der Waals surface area contributed by atoms with E-state index in [4.69, 9.17) is 23.8 Å². The first-order valence-corrected chi connectivity index (χ1v) is 11.2. The third-order valence-electron chi connectivity index (χ3n) is 6.21. The molecule has 0 unspecified atom stereocenters. The Morgan fingerprint density at radius 2 is 1.91 bits per heavy atom. The molecule has 0 atom stereocenters. The van der Waals surface area contributed by atoms with Crippen molar-refractivity contribution < 1.29 is 13.9 Å². The number of anilines is 1. The van der Waals surface area contributed by atoms with E-state index in [-0.39, 0.29) is 23.0 Å². The van der Waals surface area contributed by atoms with Crippen molar-refractivity contribution >= 4 is 29.1 Å². The van der Waals surface area contributed by atoms with Crippen molar-refractivity contribution in [3.05, 3.63) is 80.0 Å². The number of benzene rings is 2. The predicted octanol–water partition coefficient (Wildman–Crippen LogP) is 6.01. The summed E-state index contributed by atoms with van der Waals surface area (Å²) in [6.07, 6.45) is 9.31. The van der Waals surface area contributed by atoms with Crippen molar-refractivity contribution in [3.63, 3.8) is 0 Å². The maximum absolute atomic E-state index is 14.9. The highest BCUT2D eigenvalue weighted by molar-refractivity contribution is 6.30. The van der Waals surface area contributed by atoms with Crippen LogP contribution >= 0.6 is 11.6 Å². The summed E-state index contributed by atoms with van der Waals surface area (Å²) >= 11 is 6.01. The van der Waals surface area contributed by atoms with Gasteiger partial charge in [-0.3, -0.25) is 5.10 Å². The molecule has 3 N–H and O–H groups in total. The van der Waals surface area contributed by atoms with Gasteiger partial charge in [0.2, 0.25) is 5.82 Å². The van der Waals surface area contributed by atoms with Gasteiger partial charge >= 0.3 is 17.7 Å². The summed E-state index contributed by atoms with van der Waals surface area (Å²) in [7, 11) is 1.17. The summed E-state index contributed by atoms with van der Waals surface area (Å²) in [5.41, 5.74) is 8.52. The second kappa shape index (κ2) is 9.99. The molecule has 2 aromatic carbocycles. The minimum absolute atomic E-state index is 0.131. The third-order valence-corrected chi connectivity index (χ3v) is 6.46. The van der Waals surface area contributed by atoms with Crippen molar-refractivity contribution in [2.24, 2.45) is 0 Å². The Kier molecular flexibility index (Phi) is 6.86. The molecule has 8 heteroatoms. The van der Waals surface area contributed by atoms with Crippen LogP contribution in [0.15, 0.2) is 36.4 Å². The molecule has 0 spiro atoms. The minimum atomic E-state index is -0.842. The van der Waals surface area contributed by atoms with E-state index >= 15 is 0 Å². The summed E-state index contributed by atoms with van der Waals surface area (Å²) in [5.74, 6) is 1.59. The number of H-pyrrole nitrogens is 1. The van der Waals surface area contributed by atoms with Gasteiger partial charge in [-0.2, -0.15) is 9.49 Å². The van der Waals surface area contributed by atoms with Crippen molar-refractivity contribution in [3.8, 4) is 18.4 Å². The number of nitrogen functional groups attached to an aromatic ring is 1. The Balaban J connectivity index is 1.58. The summed E-state index contributed by atoms with van der Waals surface area (Å²) < 4.78 is 19.5. The lowest BCUT2D eigenvalue weighted by atomic mass is 9.77. The number of nitrogens with zero attached hydrogens (tertiary/aromatic N) is 2. The molecule has 172 valence electrons. The number of ether oxygens (including phenoxy) is 1. The van der Waals surface area contributed by atoms with Crippen LogP contribution in [0, 0.1) is 24.2 Å². The molecular weight excluding hydrogens is 455 g/mol. The molecule has 0 bridgehead atoms. The molecule has 0 aliphatic heterocycles. The highest BCUT2D eigenvalue weighted by atomic mass is 35.5. The number of terminal acetylenes is 1. The van der Waals surface area contributed by atoms with Gasteiger partial charge in [0.05, 0.1) is 12.8 Å². The zero-order valence-corrected chi connectivity index (χ0v) is 19.3. The van der Waals surface area contributed by atoms with E-state index in [9.17, 15) is 9.18 Å². The van der Waals surface area contributed by atoms with Gasteiger partial charge in [0, 0.05) is 22.6 Å². The molecule has 1 aliphatic rings. The third kappa shape index (κ3) is 4.76. The van der Waals surface area contributed by atoms with Crippen LogP contribution in [0.4, 0.5) is 15.9 Å². The van der Waals surface area contributed by atoms with Crippen molar-refractivity contribution in [2.45, 2.75) is 37.5 Å². The first-order valence-electron chi connectivity index (χ1n) is 10.9. The highest BCUT2D eigenvalue weighted by Gasteiger charge is 2.29. The predicted molar refractivity (Wildman–Crippen MR) is 130 cm³/mol. The number of esters is 1. The van der Waals surface area contributed by atoms with Crippen molar-refractivity contribution in [1.82, 2.24) is 10.2 Å². The van der Waals surface area contributed by atoms with Crippen LogP contribution in [0.3, 0.4) is 0 Å². The van der Waals surface area contributed by atoms with Crippen molar-refractivity contribution in [2.75, 3.05) is 12.8 Å². The van der Waals surface area contributed by atoms with Gasteiger partial charge < -0.3 is 10.5 Å². The van der Waals surface area contributed by atoms with E-state index in [1.165, 1.54) is 24.8 Å². The second-order valence-corrected chi connectivity index (χ2v) is 8.65. The first-order chi connectivity index (χ1) is 16.4. The largest absolute Gasteiger partial charge is 0.465 e. The summed E-state index contributed by atoms with van der Waals surface area (Å²) in [6.45, 7) is 0. The number of methoxy groups -OCH3 is 1. The molecule has 1 saturated carbocycles. The van der Waals surface area contributed by atoms with E-state index in [0.717, 1.165) is 36.4 Å². The van der Waals surface area contributed by atoms with Crippen LogP contribution in [0.1, 0.15) is 70.3 Å². The number of aromatic nitrogens is 2. The number of rotatable bonds is 3. The Morgan fingerprint density at radius 3 is 2.56 bits per heavy atom. The zero-order chi connectivity index (χ0) is 24.2. The molecule has 3 aromatic rings. The average molecular weight is 478 g/mol. The van der Waals surface area contributed by atoms with E-state index in [2.05, 4.69) is 43.9 Å². The van der Waals surface area contributed by atoms with Crippen LogP contribution in [0.2, 0.25) is 5.02 Å². The second-order valence-electron chi connectivity index (χ2n) is 8.21. The Morgan fingerprint density at radius 1 is 1.24 bits per heavy atom. The van der Waals surface area contributed by atoms with Gasteiger partial charge in [0.25, 0.3) is 0 Å². The molecule has 4 rings (SSSR count). The number of aromatic amines is 1. The molecule has 0 radical (unpaired) electrons. The molecule has 6 nitrogen and oxygen atoms in total. The van der Waals surface area contributed by atoms with E-state index in [0.29, 0.717) is 17.0 Å². The maximum Gasteiger partial charge on any atom is 0.378 e. The van der Waals surface area contributed by atoms with Gasteiger partial charge in [-0.1, -0.05) is 29.7 Å². The standard InChI is InChI=1S/C26H22ClFN4O2/c1-3-15-12-20(26(33)34-2)23(28)22(13-15)30-14-21-24(31-32-25(21)29)18-6-4-16(5-7-18)17-8-10-19(27)11-9-17/h1,8-13,16,18H,4-7H2,2H3,(H2,29,32)/p+1. The number of carbonyl (C=O) groups is 1. The molecular formula is C26H23ClFN4O2+. The quantitative estimate of drug-likeness (QED) is 0.357. The number of nitrogens with one attached hydrogen (secondary N) is 1. The monoisotopic (exact) mass is 477 g/mol. The van der Waals surface area contributed by atoms with E-state index < -0.39 is 11.8 Å². The summed E-state index contributed by atoms with van der Waals surface area (Å²) in [5, 5.41) is 7.85. The lowest BCUT2D eigenvalue weighted by molar-refractivity contribution is 0.0595. The van der Waals surface area contributed by atoms with E-state index in [1.807, 2.05) is 12.1 Å². The topological polar surface area (TPSA) is 85.4 Å². The fourth-order valence-corrected chi connectivity index (χ4v) is 4.51. The molecule has 1 fully saturated rings. The molecule has 0 amide bonds. The van der Waals surface area contributed by atoms with Crippen LogP contribution in [0.25, 0.3) is 4.85 Å². The van der Waals surface area contributed by atoms with E-state index in [1.54, 1.807) is 0 Å². The van der Waals surface area contributed by atoms with Crippen LogP contribution in [0.5, 0.6) is 0 Å². The number of halogens is 2. The number of nitrogens with two attached hydrogens (primary N) is 1. The van der Waals surface area contributed by atoms with Crippen molar-refractivity contribution in [1.29, 1.82) is 0 Å². The summed E-state index contributed by atoms with van der Waals surface area (Å²) in [4.78, 5) is 16.1. The Bertz CT molecular complexity index is 1320. The smallest absolute Gasteiger partial charge is 0.378 e. The maximum atomic E-state index is 14.9. The lowest BCUT2D eigenvalue weighted by Crippen LogP contribution is -2.13. The number of hydrogen-bond acceptors (Lipinski definition) is 4. The van der Waals surface area contributed by atoms with Crippen LogP contribution < -0.4 is 5.73 Å². The Labute approximate surface area is 202 Å². The van der Waals surface area contributed by atoms with Crippen LogP contribution in [-0.4, -0.2) is 23.3 Å². The van der Waals surface area contributed by atoms with Gasteiger partial charge in [-0.05, 0) is 60.2 Å². The summed E-state index contributed by atoms with van der Waals surface area (Å²) in [6, 6.07) is 13.4. The van der Waals surface area contributed by atoms with Crippen LogP contribution in [-0.2, 0) is 4.74 Å². The molecule has 1 aliphatic carbocycles. The van der Waals surface area contributed by atoms with Gasteiger partial charge in [-0.15, -0.1) is 6.42 Å². The SMILES string of the molecule is C#Cc1cc([N+]#Cc2c(N)n[nH]c2C2CCC(c3ccc(Cl)cc3)CC2)c(F)c(C(=O)OC)c1. The highest BCUT2D eigenvalue weighted by Crippen LogP contribution is 2.41. The van der Waals surface area contributed by atoms with Gasteiger partial charge in [-0.25, -0.2) is 4.79 Å². The molecule has 0 saturated heterocycles. The van der Waals surface area contributed by atoms with Gasteiger partial charge in [0.15, 0.2) is 11.4 Å².